The van der Waals surface area contributed by atoms with Crippen molar-refractivity contribution in [3.63, 3.8) is 0 Å². The molecule has 20 heavy (non-hydrogen) atoms. The van der Waals surface area contributed by atoms with Gasteiger partial charge in [-0.3, -0.25) is 0 Å². The van der Waals surface area contributed by atoms with E-state index in [-0.39, 0.29) is 5.56 Å². The molecule has 0 amide bonds. The van der Waals surface area contributed by atoms with Crippen LogP contribution in [0.5, 0.6) is 5.75 Å². The van der Waals surface area contributed by atoms with E-state index in [9.17, 15) is 13.2 Å². The Bertz CT molecular complexity index is 593. The van der Waals surface area contributed by atoms with Gasteiger partial charge in [0.2, 0.25) is 0 Å². The Labute approximate surface area is 115 Å². The average Bonchev–Trinajstić information content (AvgIpc) is 2.44. The topological polar surface area (TPSA) is 35.2 Å². The predicted molar refractivity (Wildman–Crippen MR) is 69.9 cm³/mol. The first-order chi connectivity index (χ1) is 9.51. The molecule has 1 unspecified atom stereocenters. The summed E-state index contributed by atoms with van der Waals surface area (Å²) in [6.45, 7) is 0. The third kappa shape index (κ3) is 3.11. The van der Waals surface area contributed by atoms with Crippen molar-refractivity contribution in [1.82, 2.24) is 0 Å². The van der Waals surface area contributed by atoms with Gasteiger partial charge in [0.15, 0.2) is 17.5 Å². The van der Waals surface area contributed by atoms with E-state index in [1.54, 1.807) is 25.3 Å². The minimum absolute atomic E-state index is 0.212. The van der Waals surface area contributed by atoms with Crippen LogP contribution in [0.3, 0.4) is 0 Å². The molecule has 0 saturated carbocycles. The molecule has 0 aliphatic heterocycles. The van der Waals surface area contributed by atoms with Crippen molar-refractivity contribution < 1.29 is 17.9 Å². The molecule has 0 heterocycles. The second-order valence-corrected chi connectivity index (χ2v) is 4.46. The highest BCUT2D eigenvalue weighted by Gasteiger charge is 2.15. The first-order valence-corrected chi connectivity index (χ1v) is 6.04. The molecular formula is C15H14F3NO. The summed E-state index contributed by atoms with van der Waals surface area (Å²) >= 11 is 0. The van der Waals surface area contributed by atoms with E-state index in [0.29, 0.717) is 12.2 Å². The largest absolute Gasteiger partial charge is 0.497 e. The lowest BCUT2D eigenvalue weighted by Crippen LogP contribution is -2.14. The van der Waals surface area contributed by atoms with Crippen LogP contribution < -0.4 is 10.5 Å². The predicted octanol–water partition coefficient (Wildman–Crippen LogP) is 3.36. The molecule has 0 spiro atoms. The van der Waals surface area contributed by atoms with E-state index >= 15 is 0 Å². The Hall–Kier alpha value is -2.01. The number of halogens is 3. The quantitative estimate of drug-likeness (QED) is 0.872. The molecule has 5 heteroatoms. The van der Waals surface area contributed by atoms with Gasteiger partial charge < -0.3 is 10.5 Å². The third-order valence-electron chi connectivity index (χ3n) is 3.02. The molecule has 1 atom stereocenters. The monoisotopic (exact) mass is 281 g/mol. The van der Waals surface area contributed by atoms with Crippen molar-refractivity contribution in [2.24, 2.45) is 5.73 Å². The van der Waals surface area contributed by atoms with E-state index < -0.39 is 23.5 Å². The average molecular weight is 281 g/mol. The van der Waals surface area contributed by atoms with E-state index in [2.05, 4.69) is 0 Å². The van der Waals surface area contributed by atoms with Crippen LogP contribution in [0.1, 0.15) is 17.2 Å². The van der Waals surface area contributed by atoms with Crippen molar-refractivity contribution >= 4 is 0 Å². The van der Waals surface area contributed by atoms with Crippen LogP contribution in [0.15, 0.2) is 36.4 Å². The number of hydrogen-bond acceptors (Lipinski definition) is 2. The van der Waals surface area contributed by atoms with E-state index in [1.807, 2.05) is 6.07 Å². The van der Waals surface area contributed by atoms with E-state index in [0.717, 1.165) is 17.7 Å². The zero-order chi connectivity index (χ0) is 14.7. The fraction of sp³-hybridized carbons (Fsp3) is 0.200. The molecule has 0 saturated heterocycles. The lowest BCUT2D eigenvalue weighted by atomic mass is 9.99. The fourth-order valence-corrected chi connectivity index (χ4v) is 1.96. The molecule has 0 bridgehead atoms. The molecule has 0 aromatic heterocycles. The highest BCUT2D eigenvalue weighted by atomic mass is 19.2. The zero-order valence-corrected chi connectivity index (χ0v) is 10.9. The molecule has 2 rings (SSSR count). The van der Waals surface area contributed by atoms with Gasteiger partial charge in [-0.1, -0.05) is 12.1 Å². The van der Waals surface area contributed by atoms with Crippen molar-refractivity contribution in [1.29, 1.82) is 0 Å². The Balaban J connectivity index is 2.21. The Kier molecular flexibility index (Phi) is 4.29. The number of methoxy groups -OCH3 is 1. The second-order valence-electron chi connectivity index (χ2n) is 4.46. The second kappa shape index (κ2) is 5.96. The van der Waals surface area contributed by atoms with E-state index in [4.69, 9.17) is 10.5 Å². The van der Waals surface area contributed by atoms with Crippen LogP contribution >= 0.6 is 0 Å². The maximum absolute atomic E-state index is 13.2. The summed E-state index contributed by atoms with van der Waals surface area (Å²) in [6.07, 6.45) is 0.363. The van der Waals surface area contributed by atoms with Crippen molar-refractivity contribution in [3.8, 4) is 5.75 Å². The number of hydrogen-bond donors (Lipinski definition) is 1. The normalized spacial score (nSPS) is 12.2. The lowest BCUT2D eigenvalue weighted by Gasteiger charge is -2.13. The van der Waals surface area contributed by atoms with Crippen LogP contribution in [0, 0.1) is 17.5 Å². The van der Waals surface area contributed by atoms with Crippen LogP contribution in [0.4, 0.5) is 13.2 Å². The Morgan fingerprint density at radius 3 is 2.35 bits per heavy atom. The molecule has 0 aliphatic rings. The number of nitrogens with two attached hydrogens (primary N) is 1. The molecule has 0 radical (unpaired) electrons. The minimum atomic E-state index is -1.48. The number of rotatable bonds is 4. The highest BCUT2D eigenvalue weighted by molar-refractivity contribution is 5.31. The molecule has 2 N–H and O–H groups in total. The van der Waals surface area contributed by atoms with Gasteiger partial charge in [0.25, 0.3) is 0 Å². The van der Waals surface area contributed by atoms with Crippen molar-refractivity contribution in [3.05, 3.63) is 65.0 Å². The Morgan fingerprint density at radius 2 is 1.75 bits per heavy atom. The maximum atomic E-state index is 13.2. The lowest BCUT2D eigenvalue weighted by molar-refractivity contribution is 0.414. The van der Waals surface area contributed by atoms with Crippen molar-refractivity contribution in [2.75, 3.05) is 7.11 Å². The van der Waals surface area contributed by atoms with Gasteiger partial charge in [-0.2, -0.15) is 0 Å². The van der Waals surface area contributed by atoms with E-state index in [1.165, 1.54) is 0 Å². The van der Waals surface area contributed by atoms with Crippen LogP contribution in [-0.4, -0.2) is 7.11 Å². The number of benzene rings is 2. The third-order valence-corrected chi connectivity index (χ3v) is 3.02. The van der Waals surface area contributed by atoms with Gasteiger partial charge in [0.1, 0.15) is 5.75 Å². The molecule has 2 aromatic carbocycles. The molecule has 106 valence electrons. The molecular weight excluding hydrogens is 267 g/mol. The Morgan fingerprint density at radius 1 is 1.10 bits per heavy atom. The summed E-state index contributed by atoms with van der Waals surface area (Å²) in [6, 6.07) is 8.41. The first-order valence-electron chi connectivity index (χ1n) is 6.04. The molecule has 0 fully saturated rings. The van der Waals surface area contributed by atoms with Gasteiger partial charge >= 0.3 is 0 Å². The molecule has 0 aliphatic carbocycles. The number of ether oxygens (including phenoxy) is 1. The molecule has 2 nitrogen and oxygen atoms in total. The summed E-state index contributed by atoms with van der Waals surface area (Å²) in [4.78, 5) is 0. The summed E-state index contributed by atoms with van der Waals surface area (Å²) in [7, 11) is 1.55. The van der Waals surface area contributed by atoms with Crippen LogP contribution in [-0.2, 0) is 6.42 Å². The standard InChI is InChI=1S/C15H14F3NO/c1-20-11-4-2-3-9(5-11)6-14(19)10-7-12(16)15(18)13(17)8-10/h2-5,7-8,14H,6,19H2,1H3. The summed E-state index contributed by atoms with van der Waals surface area (Å²) in [5, 5.41) is 0. The maximum Gasteiger partial charge on any atom is 0.194 e. The summed E-state index contributed by atoms with van der Waals surface area (Å²) in [5.41, 5.74) is 6.98. The molecule has 2 aromatic rings. The zero-order valence-electron chi connectivity index (χ0n) is 10.9. The highest BCUT2D eigenvalue weighted by Crippen LogP contribution is 2.22. The van der Waals surface area contributed by atoms with Crippen LogP contribution in [0.25, 0.3) is 0 Å². The van der Waals surface area contributed by atoms with Gasteiger partial charge in [-0.25, -0.2) is 13.2 Å². The first kappa shape index (κ1) is 14.4. The SMILES string of the molecule is COc1cccc(CC(N)c2cc(F)c(F)c(F)c2)c1. The van der Waals surface area contributed by atoms with Gasteiger partial charge in [-0.15, -0.1) is 0 Å². The minimum Gasteiger partial charge on any atom is -0.497 e. The van der Waals surface area contributed by atoms with Gasteiger partial charge in [0.05, 0.1) is 7.11 Å². The fourth-order valence-electron chi connectivity index (χ4n) is 1.96. The van der Waals surface area contributed by atoms with Crippen molar-refractivity contribution in [2.45, 2.75) is 12.5 Å². The van der Waals surface area contributed by atoms with Crippen LogP contribution in [0.2, 0.25) is 0 Å². The summed E-state index contributed by atoms with van der Waals surface area (Å²) in [5.74, 6) is -3.28. The van der Waals surface area contributed by atoms with Gasteiger partial charge in [0, 0.05) is 6.04 Å². The smallest absolute Gasteiger partial charge is 0.194 e. The summed E-state index contributed by atoms with van der Waals surface area (Å²) < 4.78 is 44.3. The van der Waals surface area contributed by atoms with Gasteiger partial charge in [-0.05, 0) is 41.8 Å².